The molecule has 0 atom stereocenters. The molecule has 4 aromatic rings. The normalized spacial score (nSPS) is 11.5. The molecule has 0 saturated heterocycles. The van der Waals surface area contributed by atoms with E-state index in [9.17, 15) is 22.8 Å². The number of carbonyl (C=O) groups excluding carboxylic acids is 1. The molecule has 0 aliphatic carbocycles. The van der Waals surface area contributed by atoms with Crippen LogP contribution in [0.5, 0.6) is 5.75 Å². The van der Waals surface area contributed by atoms with Crippen LogP contribution in [-0.2, 0) is 24.1 Å². The van der Waals surface area contributed by atoms with Gasteiger partial charge in [0.2, 0.25) is 5.91 Å². The average molecular weight is 522 g/mol. The Morgan fingerprint density at radius 3 is 2.58 bits per heavy atom. The number of ether oxygens (including phenoxy) is 1. The lowest BCUT2D eigenvalue weighted by Crippen LogP contribution is -2.26. The van der Waals surface area contributed by atoms with Crippen LogP contribution in [0.1, 0.15) is 16.8 Å². The zero-order valence-corrected chi connectivity index (χ0v) is 19.7. The molecule has 36 heavy (non-hydrogen) atoms. The molecule has 1 N–H and O–H groups in total. The minimum absolute atomic E-state index is 0.0936. The van der Waals surface area contributed by atoms with Crippen molar-refractivity contribution < 1.29 is 27.1 Å². The van der Waals surface area contributed by atoms with Crippen molar-refractivity contribution in [3.63, 3.8) is 0 Å². The standard InChI is InChI=1S/C23H19ClF3N5O4/c1-13-20(28-12-31(13)10-14-3-5-15(24)6-4-14)21-30-32(22(34)36-21)11-19(33)29-16-7-8-18(35-2)17(9-16)23(25,26)27/h3-9,12H,10-11H2,1-2H3,(H,29,33). The highest BCUT2D eigenvalue weighted by Gasteiger charge is 2.34. The first-order valence-electron chi connectivity index (χ1n) is 10.4. The molecular weight excluding hydrogens is 503 g/mol. The summed E-state index contributed by atoms with van der Waals surface area (Å²) in [6.45, 7) is 1.68. The van der Waals surface area contributed by atoms with Gasteiger partial charge in [-0.1, -0.05) is 23.7 Å². The number of rotatable bonds is 7. The van der Waals surface area contributed by atoms with Gasteiger partial charge in [-0.05, 0) is 42.8 Å². The Hall–Kier alpha value is -4.06. The van der Waals surface area contributed by atoms with E-state index in [4.69, 9.17) is 20.8 Å². The molecule has 2 aromatic heterocycles. The molecule has 0 aliphatic heterocycles. The molecule has 2 heterocycles. The molecule has 0 saturated carbocycles. The first-order chi connectivity index (χ1) is 17.0. The molecule has 9 nitrogen and oxygen atoms in total. The summed E-state index contributed by atoms with van der Waals surface area (Å²) in [5, 5.41) is 6.95. The number of anilines is 1. The highest BCUT2D eigenvalue weighted by molar-refractivity contribution is 6.30. The molecule has 0 unspecified atom stereocenters. The van der Waals surface area contributed by atoms with Gasteiger partial charge in [0.05, 0.1) is 19.0 Å². The van der Waals surface area contributed by atoms with Crippen molar-refractivity contribution in [1.82, 2.24) is 19.3 Å². The SMILES string of the molecule is COc1ccc(NC(=O)Cn2nc(-c3ncn(Cc4ccc(Cl)cc4)c3C)oc2=O)cc1C(F)(F)F. The largest absolute Gasteiger partial charge is 0.496 e. The van der Waals surface area contributed by atoms with Crippen molar-refractivity contribution in [2.24, 2.45) is 0 Å². The molecular formula is C23H19ClF3N5O4. The molecule has 0 fully saturated rings. The molecule has 13 heteroatoms. The van der Waals surface area contributed by atoms with Gasteiger partial charge in [0, 0.05) is 22.9 Å². The quantitative estimate of drug-likeness (QED) is 0.387. The second-order valence-corrected chi connectivity index (χ2v) is 8.16. The van der Waals surface area contributed by atoms with Crippen LogP contribution in [0.15, 0.2) is 58.0 Å². The van der Waals surface area contributed by atoms with Crippen LogP contribution in [0.2, 0.25) is 5.02 Å². The minimum atomic E-state index is -4.68. The van der Waals surface area contributed by atoms with E-state index < -0.39 is 29.9 Å². The first-order valence-corrected chi connectivity index (χ1v) is 10.8. The summed E-state index contributed by atoms with van der Waals surface area (Å²) in [4.78, 5) is 28.9. The lowest BCUT2D eigenvalue weighted by atomic mass is 10.1. The van der Waals surface area contributed by atoms with Gasteiger partial charge in [0.1, 0.15) is 18.0 Å². The van der Waals surface area contributed by atoms with Crippen LogP contribution in [0.25, 0.3) is 11.6 Å². The Bertz CT molecular complexity index is 1460. The van der Waals surface area contributed by atoms with E-state index in [0.717, 1.165) is 29.5 Å². The van der Waals surface area contributed by atoms with Gasteiger partial charge in [-0.3, -0.25) is 4.79 Å². The van der Waals surface area contributed by atoms with E-state index in [1.54, 1.807) is 25.4 Å². The van der Waals surface area contributed by atoms with E-state index in [2.05, 4.69) is 15.4 Å². The lowest BCUT2D eigenvalue weighted by Gasteiger charge is -2.13. The van der Waals surface area contributed by atoms with E-state index in [1.165, 1.54) is 6.07 Å². The number of hydrogen-bond donors (Lipinski definition) is 1. The molecule has 0 radical (unpaired) electrons. The van der Waals surface area contributed by atoms with E-state index in [1.807, 2.05) is 16.7 Å². The number of nitrogens with zero attached hydrogens (tertiary/aromatic N) is 4. The van der Waals surface area contributed by atoms with E-state index >= 15 is 0 Å². The van der Waals surface area contributed by atoms with Crippen molar-refractivity contribution in [2.45, 2.75) is 26.2 Å². The zero-order valence-electron chi connectivity index (χ0n) is 19.0. The fraction of sp³-hybridized carbons (Fsp3) is 0.217. The number of nitrogens with one attached hydrogen (secondary N) is 1. The third-order valence-electron chi connectivity index (χ3n) is 5.26. The van der Waals surface area contributed by atoms with Crippen LogP contribution in [-0.4, -0.2) is 32.3 Å². The Balaban J connectivity index is 1.49. The van der Waals surface area contributed by atoms with Crippen molar-refractivity contribution >= 4 is 23.2 Å². The zero-order chi connectivity index (χ0) is 26.0. The fourth-order valence-electron chi connectivity index (χ4n) is 3.45. The third kappa shape index (κ3) is 5.43. The summed E-state index contributed by atoms with van der Waals surface area (Å²) < 4.78 is 52.1. The molecule has 188 valence electrons. The summed E-state index contributed by atoms with van der Waals surface area (Å²) in [5.74, 6) is -2.18. The average Bonchev–Trinajstić information content (AvgIpc) is 3.36. The Morgan fingerprint density at radius 1 is 1.19 bits per heavy atom. The number of methoxy groups -OCH3 is 1. The van der Waals surface area contributed by atoms with Crippen molar-refractivity contribution in [3.05, 3.63) is 81.2 Å². The van der Waals surface area contributed by atoms with E-state index in [0.29, 0.717) is 23.0 Å². The van der Waals surface area contributed by atoms with Gasteiger partial charge in [0.25, 0.3) is 5.89 Å². The van der Waals surface area contributed by atoms with Crippen molar-refractivity contribution in [3.8, 4) is 17.3 Å². The number of benzene rings is 2. The number of hydrogen-bond acceptors (Lipinski definition) is 6. The first kappa shape index (κ1) is 25.0. The molecule has 0 aliphatic rings. The van der Waals surface area contributed by atoms with Gasteiger partial charge in [-0.25, -0.2) is 9.78 Å². The Labute approximate surface area is 207 Å². The maximum Gasteiger partial charge on any atom is 0.437 e. The summed E-state index contributed by atoms with van der Waals surface area (Å²) in [6, 6.07) is 10.4. The maximum atomic E-state index is 13.2. The van der Waals surface area contributed by atoms with Gasteiger partial charge < -0.3 is 19.0 Å². The predicted molar refractivity (Wildman–Crippen MR) is 124 cm³/mol. The number of imidazole rings is 1. The van der Waals surface area contributed by atoms with Crippen LogP contribution in [0, 0.1) is 6.92 Å². The van der Waals surface area contributed by atoms with E-state index in [-0.39, 0.29) is 17.3 Å². The van der Waals surface area contributed by atoms with Crippen LogP contribution in [0.4, 0.5) is 18.9 Å². The van der Waals surface area contributed by atoms with Gasteiger partial charge in [-0.2, -0.15) is 17.9 Å². The maximum absolute atomic E-state index is 13.2. The monoisotopic (exact) mass is 521 g/mol. The summed E-state index contributed by atoms with van der Waals surface area (Å²) >= 11 is 5.92. The molecule has 2 aromatic carbocycles. The van der Waals surface area contributed by atoms with Gasteiger partial charge in [-0.15, -0.1) is 5.10 Å². The highest BCUT2D eigenvalue weighted by atomic mass is 35.5. The van der Waals surface area contributed by atoms with Crippen LogP contribution in [0.3, 0.4) is 0 Å². The molecule has 4 rings (SSSR count). The summed E-state index contributed by atoms with van der Waals surface area (Å²) in [6.07, 6.45) is -3.12. The van der Waals surface area contributed by atoms with Crippen LogP contribution < -0.4 is 15.8 Å². The predicted octanol–water partition coefficient (Wildman–Crippen LogP) is 4.38. The lowest BCUT2D eigenvalue weighted by molar-refractivity contribution is -0.138. The summed E-state index contributed by atoms with van der Waals surface area (Å²) in [7, 11) is 1.11. The summed E-state index contributed by atoms with van der Waals surface area (Å²) in [5.41, 5.74) is 0.781. The topological polar surface area (TPSA) is 104 Å². The molecule has 0 bridgehead atoms. The van der Waals surface area contributed by atoms with Gasteiger partial charge >= 0.3 is 11.9 Å². The Kier molecular flexibility index (Phi) is 6.88. The number of halogens is 4. The number of amides is 1. The minimum Gasteiger partial charge on any atom is -0.496 e. The molecule has 0 spiro atoms. The van der Waals surface area contributed by atoms with Crippen LogP contribution >= 0.6 is 11.6 Å². The van der Waals surface area contributed by atoms with Crippen molar-refractivity contribution in [2.75, 3.05) is 12.4 Å². The van der Waals surface area contributed by atoms with Gasteiger partial charge in [0.15, 0.2) is 0 Å². The molecule has 1 amide bonds. The smallest absolute Gasteiger partial charge is 0.437 e. The van der Waals surface area contributed by atoms with Crippen molar-refractivity contribution in [1.29, 1.82) is 0 Å². The second kappa shape index (κ2) is 9.90. The third-order valence-corrected chi connectivity index (χ3v) is 5.51. The number of alkyl halides is 3. The number of carbonyl (C=O) groups is 1. The highest BCUT2D eigenvalue weighted by Crippen LogP contribution is 2.37. The fourth-order valence-corrected chi connectivity index (χ4v) is 3.57. The Morgan fingerprint density at radius 2 is 1.92 bits per heavy atom. The number of aromatic nitrogens is 4. The second-order valence-electron chi connectivity index (χ2n) is 7.72.